The van der Waals surface area contributed by atoms with Crippen LogP contribution in [0.25, 0.3) is 0 Å². The predicted octanol–water partition coefficient (Wildman–Crippen LogP) is 0.734. The second kappa shape index (κ2) is 4.15. The molecule has 5 nitrogen and oxygen atoms in total. The average molecular weight is 223 g/mol. The molecule has 1 aromatic heterocycles. The number of carbonyl (C=O) groups is 1. The second-order valence-electron chi connectivity index (χ2n) is 4.01. The summed E-state index contributed by atoms with van der Waals surface area (Å²) >= 11 is 0. The van der Waals surface area contributed by atoms with Gasteiger partial charge in [-0.2, -0.15) is 5.10 Å². The fourth-order valence-corrected chi connectivity index (χ4v) is 2.07. The van der Waals surface area contributed by atoms with E-state index < -0.39 is 0 Å². The summed E-state index contributed by atoms with van der Waals surface area (Å²) in [4.78, 5) is 13.6. The smallest absolute Gasteiger partial charge is 0.328 e. The SMILES string of the molecule is CCc1nn(C)cc1N1CCC1C(=O)OC. The van der Waals surface area contributed by atoms with Gasteiger partial charge in [0.1, 0.15) is 6.04 Å². The van der Waals surface area contributed by atoms with Crippen molar-refractivity contribution in [3.05, 3.63) is 11.9 Å². The minimum Gasteiger partial charge on any atom is -0.467 e. The minimum absolute atomic E-state index is 0.125. The molecule has 2 heterocycles. The maximum Gasteiger partial charge on any atom is 0.328 e. The van der Waals surface area contributed by atoms with Crippen LogP contribution in [0.15, 0.2) is 6.20 Å². The van der Waals surface area contributed by atoms with Crippen LogP contribution in [0.3, 0.4) is 0 Å². The van der Waals surface area contributed by atoms with Crippen molar-refractivity contribution >= 4 is 11.7 Å². The first-order valence-corrected chi connectivity index (χ1v) is 5.54. The van der Waals surface area contributed by atoms with E-state index in [0.29, 0.717) is 0 Å². The number of aryl methyl sites for hydroxylation is 2. The molecule has 0 aromatic carbocycles. The number of carbonyl (C=O) groups excluding carboxylic acids is 1. The number of rotatable bonds is 3. The molecule has 0 saturated carbocycles. The molecule has 0 spiro atoms. The van der Waals surface area contributed by atoms with Crippen molar-refractivity contribution in [2.24, 2.45) is 7.05 Å². The molecule has 1 fully saturated rings. The molecule has 0 amide bonds. The van der Waals surface area contributed by atoms with Gasteiger partial charge in [0, 0.05) is 19.8 Å². The Bertz CT molecular complexity index is 400. The highest BCUT2D eigenvalue weighted by atomic mass is 16.5. The highest BCUT2D eigenvalue weighted by Crippen LogP contribution is 2.29. The minimum atomic E-state index is -0.155. The van der Waals surface area contributed by atoms with Crippen LogP contribution in [-0.2, 0) is 23.0 Å². The lowest BCUT2D eigenvalue weighted by Gasteiger charge is -2.40. The Kier molecular flexibility index (Phi) is 2.85. The van der Waals surface area contributed by atoms with Crippen molar-refractivity contribution in [2.45, 2.75) is 25.8 Å². The van der Waals surface area contributed by atoms with Crippen molar-refractivity contribution in [2.75, 3.05) is 18.6 Å². The Balaban J connectivity index is 2.21. The van der Waals surface area contributed by atoms with Crippen LogP contribution in [0.2, 0.25) is 0 Å². The third kappa shape index (κ3) is 1.66. The molecule has 1 saturated heterocycles. The topological polar surface area (TPSA) is 47.4 Å². The van der Waals surface area contributed by atoms with Crippen molar-refractivity contribution in [1.82, 2.24) is 9.78 Å². The molecule has 1 atom stereocenters. The van der Waals surface area contributed by atoms with Gasteiger partial charge >= 0.3 is 5.97 Å². The molecule has 5 heteroatoms. The Labute approximate surface area is 95.0 Å². The highest BCUT2D eigenvalue weighted by molar-refractivity contribution is 5.82. The normalized spacial score (nSPS) is 19.4. The van der Waals surface area contributed by atoms with Crippen molar-refractivity contribution in [1.29, 1.82) is 0 Å². The van der Waals surface area contributed by atoms with Crippen LogP contribution in [-0.4, -0.2) is 35.4 Å². The number of hydrogen-bond donors (Lipinski definition) is 0. The van der Waals surface area contributed by atoms with Gasteiger partial charge in [-0.25, -0.2) is 4.79 Å². The summed E-state index contributed by atoms with van der Waals surface area (Å²) in [5.74, 6) is -0.155. The Morgan fingerprint density at radius 3 is 2.94 bits per heavy atom. The first kappa shape index (κ1) is 11.0. The van der Waals surface area contributed by atoms with Gasteiger partial charge in [-0.1, -0.05) is 6.92 Å². The van der Waals surface area contributed by atoms with Crippen LogP contribution in [0.4, 0.5) is 5.69 Å². The van der Waals surface area contributed by atoms with E-state index in [1.54, 1.807) is 4.68 Å². The van der Waals surface area contributed by atoms with Crippen molar-refractivity contribution in [3.8, 4) is 0 Å². The molecular formula is C11H17N3O2. The number of hydrogen-bond acceptors (Lipinski definition) is 4. The molecule has 2 rings (SSSR count). The first-order chi connectivity index (χ1) is 7.67. The largest absolute Gasteiger partial charge is 0.467 e. The number of nitrogens with zero attached hydrogens (tertiary/aromatic N) is 3. The molecule has 0 bridgehead atoms. The monoisotopic (exact) mass is 223 g/mol. The Morgan fingerprint density at radius 2 is 2.44 bits per heavy atom. The Morgan fingerprint density at radius 1 is 1.69 bits per heavy atom. The third-order valence-corrected chi connectivity index (χ3v) is 3.02. The van der Waals surface area contributed by atoms with E-state index in [1.165, 1.54) is 7.11 Å². The lowest BCUT2D eigenvalue weighted by molar-refractivity contribution is -0.143. The molecule has 1 aliphatic rings. The van der Waals surface area contributed by atoms with E-state index in [9.17, 15) is 4.79 Å². The zero-order valence-corrected chi connectivity index (χ0v) is 9.93. The van der Waals surface area contributed by atoms with Crippen molar-refractivity contribution in [3.63, 3.8) is 0 Å². The number of ether oxygens (including phenoxy) is 1. The van der Waals surface area contributed by atoms with Gasteiger partial charge in [0.05, 0.1) is 18.5 Å². The quantitative estimate of drug-likeness (QED) is 0.709. The van der Waals surface area contributed by atoms with Gasteiger partial charge in [0.15, 0.2) is 0 Å². The summed E-state index contributed by atoms with van der Waals surface area (Å²) in [6.45, 7) is 2.97. The number of anilines is 1. The lowest BCUT2D eigenvalue weighted by Crippen LogP contribution is -2.53. The van der Waals surface area contributed by atoms with Crippen molar-refractivity contribution < 1.29 is 9.53 Å². The molecule has 16 heavy (non-hydrogen) atoms. The summed E-state index contributed by atoms with van der Waals surface area (Å²) < 4.78 is 6.57. The zero-order valence-electron chi connectivity index (χ0n) is 9.93. The highest BCUT2D eigenvalue weighted by Gasteiger charge is 2.36. The molecule has 1 unspecified atom stereocenters. The van der Waals surface area contributed by atoms with E-state index in [4.69, 9.17) is 4.74 Å². The summed E-state index contributed by atoms with van der Waals surface area (Å²) in [5.41, 5.74) is 2.10. The maximum absolute atomic E-state index is 11.5. The fraction of sp³-hybridized carbons (Fsp3) is 0.636. The summed E-state index contributed by atoms with van der Waals surface area (Å²) in [5, 5.41) is 4.37. The number of aromatic nitrogens is 2. The number of esters is 1. The molecular weight excluding hydrogens is 206 g/mol. The molecule has 0 aliphatic carbocycles. The first-order valence-electron chi connectivity index (χ1n) is 5.54. The average Bonchev–Trinajstić information content (AvgIpc) is 2.57. The van der Waals surface area contributed by atoms with Gasteiger partial charge in [0.2, 0.25) is 0 Å². The van der Waals surface area contributed by atoms with E-state index in [-0.39, 0.29) is 12.0 Å². The predicted molar refractivity (Wildman–Crippen MR) is 60.4 cm³/mol. The summed E-state index contributed by atoms with van der Waals surface area (Å²) in [6.07, 6.45) is 3.71. The Hall–Kier alpha value is -1.52. The van der Waals surface area contributed by atoms with E-state index in [0.717, 1.165) is 30.8 Å². The molecule has 1 aliphatic heterocycles. The van der Waals surface area contributed by atoms with Gasteiger partial charge in [0.25, 0.3) is 0 Å². The fourth-order valence-electron chi connectivity index (χ4n) is 2.07. The zero-order chi connectivity index (χ0) is 11.7. The molecule has 0 radical (unpaired) electrons. The molecule has 1 aromatic rings. The van der Waals surface area contributed by atoms with Crippen LogP contribution < -0.4 is 4.90 Å². The maximum atomic E-state index is 11.5. The molecule has 88 valence electrons. The van der Waals surface area contributed by atoms with Crippen LogP contribution >= 0.6 is 0 Å². The van der Waals surface area contributed by atoms with Gasteiger partial charge in [-0.15, -0.1) is 0 Å². The summed E-state index contributed by atoms with van der Waals surface area (Å²) in [7, 11) is 3.33. The van der Waals surface area contributed by atoms with Gasteiger partial charge in [-0.3, -0.25) is 4.68 Å². The summed E-state index contributed by atoms with van der Waals surface area (Å²) in [6, 6.07) is -0.125. The van der Waals surface area contributed by atoms with Gasteiger partial charge in [-0.05, 0) is 12.8 Å². The van der Waals surface area contributed by atoms with E-state index >= 15 is 0 Å². The standard InChI is InChI=1S/C11H17N3O2/c1-4-8-10(7-13(2)12-8)14-6-5-9(14)11(15)16-3/h7,9H,4-6H2,1-3H3. The second-order valence-corrected chi connectivity index (χ2v) is 4.01. The lowest BCUT2D eigenvalue weighted by atomic mass is 10.0. The third-order valence-electron chi connectivity index (χ3n) is 3.02. The van der Waals surface area contributed by atoms with Crippen LogP contribution in [0, 0.1) is 0 Å². The van der Waals surface area contributed by atoms with E-state index in [1.807, 2.05) is 13.2 Å². The van der Waals surface area contributed by atoms with Gasteiger partial charge < -0.3 is 9.64 Å². The van der Waals surface area contributed by atoms with Crippen LogP contribution in [0.1, 0.15) is 19.0 Å². The molecule has 0 N–H and O–H groups in total. The number of methoxy groups -OCH3 is 1. The van der Waals surface area contributed by atoms with E-state index in [2.05, 4.69) is 16.9 Å². The van der Waals surface area contributed by atoms with Crippen LogP contribution in [0.5, 0.6) is 0 Å².